The summed E-state index contributed by atoms with van der Waals surface area (Å²) in [5.74, 6) is 1.87. The van der Waals surface area contributed by atoms with Crippen LogP contribution in [0.1, 0.15) is 37.8 Å². The Kier molecular flexibility index (Phi) is 6.44. The Morgan fingerprint density at radius 2 is 1.81 bits per heavy atom. The lowest BCUT2D eigenvalue weighted by molar-refractivity contribution is -0.122. The van der Waals surface area contributed by atoms with Crippen molar-refractivity contribution in [2.24, 2.45) is 0 Å². The summed E-state index contributed by atoms with van der Waals surface area (Å²) in [6, 6.07) is 9.33. The molecule has 0 aromatic heterocycles. The molecule has 1 atom stereocenters. The van der Waals surface area contributed by atoms with Gasteiger partial charge >= 0.3 is 0 Å². The maximum Gasteiger partial charge on any atom is 0.265 e. The van der Waals surface area contributed by atoms with Gasteiger partial charge in [-0.2, -0.15) is 0 Å². The smallest absolute Gasteiger partial charge is 0.265 e. The molecule has 2 aromatic carbocycles. The van der Waals surface area contributed by atoms with Crippen molar-refractivity contribution >= 4 is 29.7 Å². The highest BCUT2D eigenvalue weighted by Crippen LogP contribution is 2.38. The number of anilines is 2. The van der Waals surface area contributed by atoms with E-state index in [2.05, 4.69) is 19.2 Å². The first-order chi connectivity index (χ1) is 12.3. The number of nitrogens with one attached hydrogen (secondary N) is 1. The molecule has 3 rings (SSSR count). The summed E-state index contributed by atoms with van der Waals surface area (Å²) in [6.45, 7) is 8.04. The number of nitrogen functional groups attached to an aromatic ring is 1. The number of fused-ring (bicyclic) bond motifs is 1. The molecule has 3 N–H and O–H groups in total. The third-order valence-electron chi connectivity index (χ3n) is 4.27. The number of carbonyl (C=O) groups excluding carboxylic acids is 1. The van der Waals surface area contributed by atoms with Gasteiger partial charge in [-0.1, -0.05) is 26.0 Å². The molecule has 146 valence electrons. The molecule has 0 fully saturated rings. The number of halogens is 1. The molecule has 1 aliphatic rings. The Labute approximate surface area is 165 Å². The van der Waals surface area contributed by atoms with Gasteiger partial charge in [0.1, 0.15) is 5.75 Å². The molecule has 0 spiro atoms. The van der Waals surface area contributed by atoms with E-state index in [9.17, 15) is 4.79 Å². The average molecular weight is 393 g/mol. The second-order valence-corrected chi connectivity index (χ2v) is 6.74. The number of nitrogens with two attached hydrogens (primary N) is 1. The first-order valence-corrected chi connectivity index (χ1v) is 8.62. The summed E-state index contributed by atoms with van der Waals surface area (Å²) in [4.78, 5) is 12.6. The Bertz CT molecular complexity index is 839. The van der Waals surface area contributed by atoms with Crippen LogP contribution in [0.5, 0.6) is 17.2 Å². The molecule has 27 heavy (non-hydrogen) atoms. The van der Waals surface area contributed by atoms with E-state index in [4.69, 9.17) is 19.9 Å². The molecule has 0 aliphatic carbocycles. The molecule has 1 aliphatic heterocycles. The molecule has 0 saturated heterocycles. The lowest BCUT2D eigenvalue weighted by Crippen LogP contribution is -2.30. The Morgan fingerprint density at radius 1 is 1.15 bits per heavy atom. The molecule has 0 radical (unpaired) electrons. The highest BCUT2D eigenvalue weighted by Gasteiger charge is 2.21. The van der Waals surface area contributed by atoms with Gasteiger partial charge in [0.05, 0.1) is 11.4 Å². The zero-order chi connectivity index (χ0) is 18.8. The zero-order valence-electron chi connectivity index (χ0n) is 15.9. The van der Waals surface area contributed by atoms with Crippen molar-refractivity contribution in [1.29, 1.82) is 0 Å². The highest BCUT2D eigenvalue weighted by molar-refractivity contribution is 5.97. The van der Waals surface area contributed by atoms with E-state index < -0.39 is 6.10 Å². The van der Waals surface area contributed by atoms with Gasteiger partial charge in [0.2, 0.25) is 6.79 Å². The van der Waals surface area contributed by atoms with Crippen molar-refractivity contribution in [2.45, 2.75) is 39.7 Å². The van der Waals surface area contributed by atoms with Gasteiger partial charge in [-0.15, -0.1) is 12.4 Å². The molecule has 2 aromatic rings. The van der Waals surface area contributed by atoms with Crippen molar-refractivity contribution in [3.63, 3.8) is 0 Å². The van der Waals surface area contributed by atoms with Crippen LogP contribution < -0.4 is 25.3 Å². The van der Waals surface area contributed by atoms with Crippen LogP contribution in [0.2, 0.25) is 0 Å². The topological polar surface area (TPSA) is 82.8 Å². The van der Waals surface area contributed by atoms with Crippen LogP contribution in [0.3, 0.4) is 0 Å². The molecule has 1 heterocycles. The van der Waals surface area contributed by atoms with Gasteiger partial charge in [-0.05, 0) is 37.0 Å². The average Bonchev–Trinajstić information content (AvgIpc) is 3.01. The van der Waals surface area contributed by atoms with Crippen molar-refractivity contribution in [1.82, 2.24) is 0 Å². The van der Waals surface area contributed by atoms with Crippen LogP contribution in [-0.2, 0) is 4.79 Å². The quantitative estimate of drug-likeness (QED) is 0.743. The third-order valence-corrected chi connectivity index (χ3v) is 4.27. The first kappa shape index (κ1) is 20.7. The molecular weight excluding hydrogens is 368 g/mol. The van der Waals surface area contributed by atoms with E-state index in [0.29, 0.717) is 28.8 Å². The fourth-order valence-electron chi connectivity index (χ4n) is 2.76. The number of aryl methyl sites for hydroxylation is 1. The highest BCUT2D eigenvalue weighted by atomic mass is 35.5. The largest absolute Gasteiger partial charge is 0.481 e. The second kappa shape index (κ2) is 8.39. The summed E-state index contributed by atoms with van der Waals surface area (Å²) in [5.41, 5.74) is 9.02. The summed E-state index contributed by atoms with van der Waals surface area (Å²) >= 11 is 0. The second-order valence-electron chi connectivity index (χ2n) is 6.74. The number of hydrogen-bond donors (Lipinski definition) is 2. The van der Waals surface area contributed by atoms with Gasteiger partial charge < -0.3 is 25.3 Å². The van der Waals surface area contributed by atoms with Crippen LogP contribution in [0, 0.1) is 6.92 Å². The Morgan fingerprint density at radius 3 is 2.48 bits per heavy atom. The summed E-state index contributed by atoms with van der Waals surface area (Å²) in [6.07, 6.45) is -0.681. The van der Waals surface area contributed by atoms with E-state index in [0.717, 1.165) is 16.9 Å². The van der Waals surface area contributed by atoms with Crippen LogP contribution in [0.25, 0.3) is 0 Å². The monoisotopic (exact) mass is 392 g/mol. The standard InChI is InChI=1S/C20H24N2O4.ClH/c1-11(2)14-6-5-12(3)7-17(14)26-13(4)20(23)22-16-9-19-18(8-15(16)21)24-10-25-19;/h5-9,11,13H,10,21H2,1-4H3,(H,22,23);1H. The van der Waals surface area contributed by atoms with E-state index in [1.807, 2.05) is 25.1 Å². The molecule has 6 nitrogen and oxygen atoms in total. The Balaban J connectivity index is 0.00000261. The van der Waals surface area contributed by atoms with E-state index in [-0.39, 0.29) is 25.1 Å². The minimum Gasteiger partial charge on any atom is -0.481 e. The van der Waals surface area contributed by atoms with Crippen LogP contribution >= 0.6 is 12.4 Å². The maximum atomic E-state index is 12.6. The zero-order valence-corrected chi connectivity index (χ0v) is 16.7. The number of rotatable bonds is 5. The minimum absolute atomic E-state index is 0. The lowest BCUT2D eigenvalue weighted by atomic mass is 10.0. The first-order valence-electron chi connectivity index (χ1n) is 8.62. The van der Waals surface area contributed by atoms with E-state index >= 15 is 0 Å². The fourth-order valence-corrected chi connectivity index (χ4v) is 2.76. The number of benzene rings is 2. The third kappa shape index (κ3) is 4.57. The molecular formula is C20H25ClN2O4. The fraction of sp³-hybridized carbons (Fsp3) is 0.350. The van der Waals surface area contributed by atoms with Crippen molar-refractivity contribution in [3.8, 4) is 17.2 Å². The normalized spacial score (nSPS) is 13.1. The summed E-state index contributed by atoms with van der Waals surface area (Å²) in [7, 11) is 0. The number of ether oxygens (including phenoxy) is 3. The maximum absolute atomic E-state index is 12.6. The lowest BCUT2D eigenvalue weighted by Gasteiger charge is -2.20. The summed E-state index contributed by atoms with van der Waals surface area (Å²) in [5, 5.41) is 2.80. The van der Waals surface area contributed by atoms with Crippen LogP contribution in [0.4, 0.5) is 11.4 Å². The molecule has 1 unspecified atom stereocenters. The van der Waals surface area contributed by atoms with Gasteiger partial charge in [-0.3, -0.25) is 4.79 Å². The van der Waals surface area contributed by atoms with Gasteiger partial charge in [0, 0.05) is 12.1 Å². The predicted octanol–water partition coefficient (Wildman–Crippen LogP) is 4.26. The molecule has 1 amide bonds. The van der Waals surface area contributed by atoms with E-state index in [1.54, 1.807) is 19.1 Å². The molecule has 7 heteroatoms. The number of hydrogen-bond acceptors (Lipinski definition) is 5. The Hall–Kier alpha value is -2.60. The van der Waals surface area contributed by atoms with Gasteiger partial charge in [0.25, 0.3) is 5.91 Å². The molecule has 0 bridgehead atoms. The van der Waals surface area contributed by atoms with Gasteiger partial charge in [0.15, 0.2) is 17.6 Å². The van der Waals surface area contributed by atoms with Crippen molar-refractivity contribution in [3.05, 3.63) is 41.5 Å². The van der Waals surface area contributed by atoms with Crippen molar-refractivity contribution < 1.29 is 19.0 Å². The van der Waals surface area contributed by atoms with Crippen LogP contribution in [-0.4, -0.2) is 18.8 Å². The SMILES string of the molecule is Cc1ccc(C(C)C)c(OC(C)C(=O)Nc2cc3c(cc2N)OCO3)c1.Cl. The minimum atomic E-state index is -0.681. The number of amides is 1. The predicted molar refractivity (Wildman–Crippen MR) is 108 cm³/mol. The molecule has 0 saturated carbocycles. The summed E-state index contributed by atoms with van der Waals surface area (Å²) < 4.78 is 16.5. The number of carbonyl (C=O) groups is 1. The van der Waals surface area contributed by atoms with E-state index in [1.165, 1.54) is 0 Å². The van der Waals surface area contributed by atoms with Crippen molar-refractivity contribution in [2.75, 3.05) is 17.8 Å². The van der Waals surface area contributed by atoms with Crippen LogP contribution in [0.15, 0.2) is 30.3 Å². The van der Waals surface area contributed by atoms with Gasteiger partial charge in [-0.25, -0.2) is 0 Å².